The molecule has 3 aromatic rings. The summed E-state index contributed by atoms with van der Waals surface area (Å²) in [6.07, 6.45) is 7.21. The first-order valence-corrected chi connectivity index (χ1v) is 13.8. The molecule has 38 heavy (non-hydrogen) atoms. The van der Waals surface area contributed by atoms with Gasteiger partial charge in [0.1, 0.15) is 11.4 Å². The van der Waals surface area contributed by atoms with Gasteiger partial charge in [0, 0.05) is 36.3 Å². The van der Waals surface area contributed by atoms with E-state index in [1.807, 2.05) is 71.6 Å². The van der Waals surface area contributed by atoms with Crippen LogP contribution in [0.1, 0.15) is 38.2 Å². The summed E-state index contributed by atoms with van der Waals surface area (Å²) in [6, 6.07) is 17.8. The molecule has 2 aliphatic heterocycles. The third kappa shape index (κ3) is 5.83. The Morgan fingerprint density at radius 3 is 2.68 bits per heavy atom. The molecule has 2 amide bonds. The highest BCUT2D eigenvalue weighted by Crippen LogP contribution is 2.35. The lowest BCUT2D eigenvalue weighted by molar-refractivity contribution is -0.123. The molecule has 196 valence electrons. The molecule has 2 aromatic carbocycles. The molecule has 0 spiro atoms. The fourth-order valence-electron chi connectivity index (χ4n) is 4.53. The maximum atomic E-state index is 12.9. The molecule has 2 N–H and O–H groups in total. The summed E-state index contributed by atoms with van der Waals surface area (Å²) < 4.78 is 7.76. The molecule has 0 unspecified atom stereocenters. The fraction of sp³-hybridized carbons (Fsp3) is 0.310. The lowest BCUT2D eigenvalue weighted by Gasteiger charge is -2.31. The van der Waals surface area contributed by atoms with Gasteiger partial charge in [0.05, 0.1) is 17.2 Å². The Balaban J connectivity index is 1.43. The lowest BCUT2D eigenvalue weighted by Crippen LogP contribution is -2.40. The number of para-hydroxylation sites is 1. The highest BCUT2D eigenvalue weighted by molar-refractivity contribution is 8.18. The second kappa shape index (κ2) is 11.7. The summed E-state index contributed by atoms with van der Waals surface area (Å²) in [5, 5.41) is 5.57. The predicted molar refractivity (Wildman–Crippen MR) is 151 cm³/mol. The highest BCUT2D eigenvalue weighted by atomic mass is 32.2. The summed E-state index contributed by atoms with van der Waals surface area (Å²) in [5.74, 6) is 0.152. The van der Waals surface area contributed by atoms with E-state index in [9.17, 15) is 9.59 Å². The zero-order chi connectivity index (χ0) is 26.5. The highest BCUT2D eigenvalue weighted by Gasteiger charge is 2.31. The minimum absolute atomic E-state index is 0.114. The Kier molecular flexibility index (Phi) is 7.93. The first-order valence-electron chi connectivity index (χ1n) is 13.0. The molecular weight excluding hydrogens is 498 g/mol. The van der Waals surface area contributed by atoms with Crippen LogP contribution in [0.5, 0.6) is 5.75 Å². The minimum Gasteiger partial charge on any atom is -0.494 e. The summed E-state index contributed by atoms with van der Waals surface area (Å²) in [6.45, 7) is 4.11. The van der Waals surface area contributed by atoms with Gasteiger partial charge in [-0.3, -0.25) is 9.59 Å². The molecule has 0 bridgehead atoms. The second-order valence-electron chi connectivity index (χ2n) is 9.42. The normalized spacial score (nSPS) is 17.2. The summed E-state index contributed by atoms with van der Waals surface area (Å²) in [5.41, 5.74) is 8.88. The molecule has 5 rings (SSSR count). The van der Waals surface area contributed by atoms with Crippen molar-refractivity contribution in [3.05, 3.63) is 71.3 Å². The van der Waals surface area contributed by atoms with Crippen LogP contribution in [0.25, 0.3) is 23.0 Å². The SMILES string of the molecule is CCCCOc1cccc(-c2nn(-c3ccccc3)cc2/C=C2\SC(N3CCC(C(N)=O)CC3)=NC2=O)c1. The van der Waals surface area contributed by atoms with E-state index in [1.54, 1.807) is 0 Å². The molecular formula is C29H31N5O3S. The number of primary amides is 1. The van der Waals surface area contributed by atoms with Gasteiger partial charge in [-0.05, 0) is 61.4 Å². The van der Waals surface area contributed by atoms with Gasteiger partial charge in [0.2, 0.25) is 5.91 Å². The number of piperidine rings is 1. The number of thioether (sulfide) groups is 1. The number of nitrogens with zero attached hydrogens (tertiary/aromatic N) is 4. The van der Waals surface area contributed by atoms with E-state index in [4.69, 9.17) is 15.6 Å². The van der Waals surface area contributed by atoms with Gasteiger partial charge >= 0.3 is 0 Å². The van der Waals surface area contributed by atoms with Crippen LogP contribution in [0, 0.1) is 5.92 Å². The van der Waals surface area contributed by atoms with Crippen LogP contribution < -0.4 is 10.5 Å². The number of rotatable bonds is 8. The monoisotopic (exact) mass is 529 g/mol. The first kappa shape index (κ1) is 25.8. The molecule has 0 radical (unpaired) electrons. The Hall–Kier alpha value is -3.85. The lowest BCUT2D eigenvalue weighted by atomic mass is 9.97. The zero-order valence-electron chi connectivity index (χ0n) is 21.4. The number of amides is 2. The molecule has 3 heterocycles. The smallest absolute Gasteiger partial charge is 0.286 e. The predicted octanol–water partition coefficient (Wildman–Crippen LogP) is 4.89. The second-order valence-corrected chi connectivity index (χ2v) is 10.4. The number of ether oxygens (including phenoxy) is 1. The molecule has 8 nitrogen and oxygen atoms in total. The van der Waals surface area contributed by atoms with E-state index in [2.05, 4.69) is 16.8 Å². The number of benzene rings is 2. The van der Waals surface area contributed by atoms with E-state index in [0.717, 1.165) is 41.1 Å². The number of unbranched alkanes of at least 4 members (excludes halogenated alkanes) is 1. The van der Waals surface area contributed by atoms with Crippen molar-refractivity contribution in [1.82, 2.24) is 14.7 Å². The maximum absolute atomic E-state index is 12.9. The van der Waals surface area contributed by atoms with Gasteiger partial charge in [-0.1, -0.05) is 43.7 Å². The van der Waals surface area contributed by atoms with Crippen molar-refractivity contribution >= 4 is 34.8 Å². The third-order valence-corrected chi connectivity index (χ3v) is 7.75. The topological polar surface area (TPSA) is 103 Å². The number of hydrogen-bond donors (Lipinski definition) is 1. The number of nitrogens with two attached hydrogens (primary N) is 1. The largest absolute Gasteiger partial charge is 0.494 e. The van der Waals surface area contributed by atoms with Crippen molar-refractivity contribution in [2.75, 3.05) is 19.7 Å². The van der Waals surface area contributed by atoms with Crippen LogP contribution in [0.3, 0.4) is 0 Å². The number of hydrogen-bond acceptors (Lipinski definition) is 6. The molecule has 2 aliphatic rings. The zero-order valence-corrected chi connectivity index (χ0v) is 22.2. The van der Waals surface area contributed by atoms with E-state index in [1.165, 1.54) is 11.8 Å². The third-order valence-electron chi connectivity index (χ3n) is 6.70. The molecule has 0 saturated carbocycles. The summed E-state index contributed by atoms with van der Waals surface area (Å²) in [4.78, 5) is 31.3. The van der Waals surface area contributed by atoms with Gasteiger partial charge in [-0.25, -0.2) is 4.68 Å². The van der Waals surface area contributed by atoms with E-state index < -0.39 is 0 Å². The van der Waals surface area contributed by atoms with E-state index in [-0.39, 0.29) is 17.7 Å². The Bertz CT molecular complexity index is 1370. The first-order chi connectivity index (χ1) is 18.5. The van der Waals surface area contributed by atoms with Gasteiger partial charge in [-0.2, -0.15) is 10.1 Å². The number of carbonyl (C=O) groups is 2. The number of likely N-dealkylation sites (tertiary alicyclic amines) is 1. The molecule has 0 atom stereocenters. The number of carbonyl (C=O) groups excluding carboxylic acids is 2. The van der Waals surface area contributed by atoms with Crippen molar-refractivity contribution < 1.29 is 14.3 Å². The van der Waals surface area contributed by atoms with Crippen molar-refractivity contribution in [2.24, 2.45) is 16.6 Å². The van der Waals surface area contributed by atoms with Gasteiger partial charge in [-0.15, -0.1) is 0 Å². The van der Waals surface area contributed by atoms with Crippen LogP contribution in [-0.4, -0.2) is 51.4 Å². The standard InChI is InChI=1S/C29H31N5O3S/c1-2-3-16-37-24-11-7-8-21(17-24)26-22(19-34(32-26)23-9-5-4-6-10-23)18-25-28(36)31-29(38-25)33-14-12-20(13-15-33)27(30)35/h4-11,17-20H,2-3,12-16H2,1H3,(H2,30,35)/b25-18-. The van der Waals surface area contributed by atoms with E-state index in [0.29, 0.717) is 42.6 Å². The molecule has 9 heteroatoms. The van der Waals surface area contributed by atoms with Crippen molar-refractivity contribution in [2.45, 2.75) is 32.6 Å². The van der Waals surface area contributed by atoms with Crippen LogP contribution >= 0.6 is 11.8 Å². The Labute approximate surface area is 226 Å². The van der Waals surface area contributed by atoms with Crippen molar-refractivity contribution in [3.8, 4) is 22.7 Å². The number of amidine groups is 1. The summed E-state index contributed by atoms with van der Waals surface area (Å²) >= 11 is 1.37. The molecule has 1 fully saturated rings. The van der Waals surface area contributed by atoms with Crippen LogP contribution in [-0.2, 0) is 9.59 Å². The molecule has 1 saturated heterocycles. The fourth-order valence-corrected chi connectivity index (χ4v) is 5.48. The maximum Gasteiger partial charge on any atom is 0.286 e. The average Bonchev–Trinajstić information content (AvgIpc) is 3.53. The van der Waals surface area contributed by atoms with Crippen molar-refractivity contribution in [3.63, 3.8) is 0 Å². The quantitative estimate of drug-likeness (QED) is 0.329. The molecule has 1 aromatic heterocycles. The van der Waals surface area contributed by atoms with Gasteiger partial charge in [0.25, 0.3) is 5.91 Å². The number of aromatic nitrogens is 2. The average molecular weight is 530 g/mol. The van der Waals surface area contributed by atoms with Crippen molar-refractivity contribution in [1.29, 1.82) is 0 Å². The molecule has 0 aliphatic carbocycles. The Morgan fingerprint density at radius 1 is 1.16 bits per heavy atom. The Morgan fingerprint density at radius 2 is 1.95 bits per heavy atom. The van der Waals surface area contributed by atoms with Crippen LogP contribution in [0.15, 0.2) is 70.7 Å². The number of aliphatic imine (C=N–C) groups is 1. The van der Waals surface area contributed by atoms with Crippen LogP contribution in [0.2, 0.25) is 0 Å². The van der Waals surface area contributed by atoms with E-state index >= 15 is 0 Å². The van der Waals surface area contributed by atoms with Crippen LogP contribution in [0.4, 0.5) is 0 Å². The van der Waals surface area contributed by atoms with Gasteiger partial charge in [0.15, 0.2) is 5.17 Å². The summed E-state index contributed by atoms with van der Waals surface area (Å²) in [7, 11) is 0. The van der Waals surface area contributed by atoms with Gasteiger partial charge < -0.3 is 15.4 Å². The minimum atomic E-state index is -0.267.